The SMILES string of the molecule is S=C(C1=CN=Cc2ccccc2N1)C1=CN=Cc2ccccc2N1. The summed E-state index contributed by atoms with van der Waals surface area (Å²) in [5.41, 5.74) is 5.53. The number of nitrogens with zero attached hydrogens (tertiary/aromatic N) is 2. The minimum atomic E-state index is 0.637. The molecule has 0 atom stereocenters. The van der Waals surface area contributed by atoms with E-state index in [1.807, 2.05) is 61.0 Å². The molecule has 0 aromatic heterocycles. The molecule has 0 unspecified atom stereocenters. The van der Waals surface area contributed by atoms with Gasteiger partial charge in [-0.05, 0) is 12.1 Å². The zero-order valence-electron chi connectivity index (χ0n) is 12.7. The van der Waals surface area contributed by atoms with Crippen LogP contribution in [0.4, 0.5) is 11.4 Å². The molecule has 2 aromatic rings. The normalized spacial score (nSPS) is 14.8. The van der Waals surface area contributed by atoms with Gasteiger partial charge in [-0.25, -0.2) is 0 Å². The Hall–Kier alpha value is -3.05. The molecule has 0 fully saturated rings. The van der Waals surface area contributed by atoms with Crippen molar-refractivity contribution >= 4 is 40.9 Å². The van der Waals surface area contributed by atoms with Crippen molar-refractivity contribution in [3.8, 4) is 0 Å². The summed E-state index contributed by atoms with van der Waals surface area (Å²) in [6.07, 6.45) is 7.12. The highest BCUT2D eigenvalue weighted by atomic mass is 32.1. The van der Waals surface area contributed by atoms with Gasteiger partial charge in [-0.2, -0.15) is 0 Å². The van der Waals surface area contributed by atoms with Gasteiger partial charge in [-0.1, -0.05) is 48.6 Å². The molecule has 116 valence electrons. The maximum absolute atomic E-state index is 5.66. The second-order valence-electron chi connectivity index (χ2n) is 5.40. The summed E-state index contributed by atoms with van der Waals surface area (Å²) in [5.74, 6) is 0. The molecular weight excluding hydrogens is 316 g/mol. The second-order valence-corrected chi connectivity index (χ2v) is 5.80. The maximum Gasteiger partial charge on any atom is 0.0878 e. The van der Waals surface area contributed by atoms with Gasteiger partial charge in [0.05, 0.1) is 28.7 Å². The molecular formula is C19H14N4S. The maximum atomic E-state index is 5.66. The molecule has 0 amide bonds. The molecule has 2 heterocycles. The molecule has 0 radical (unpaired) electrons. The van der Waals surface area contributed by atoms with Crippen molar-refractivity contribution in [3.05, 3.63) is 83.5 Å². The molecule has 4 rings (SSSR count). The summed E-state index contributed by atoms with van der Waals surface area (Å²) < 4.78 is 0. The first-order valence-electron chi connectivity index (χ1n) is 7.55. The summed E-state index contributed by atoms with van der Waals surface area (Å²) in [7, 11) is 0. The molecule has 2 aliphatic rings. The Morgan fingerprint density at radius 2 is 1.17 bits per heavy atom. The Balaban J connectivity index is 1.63. The molecule has 5 heteroatoms. The van der Waals surface area contributed by atoms with E-state index < -0.39 is 0 Å². The number of benzene rings is 2. The van der Waals surface area contributed by atoms with Crippen LogP contribution in [-0.4, -0.2) is 17.3 Å². The lowest BCUT2D eigenvalue weighted by Crippen LogP contribution is -2.17. The van der Waals surface area contributed by atoms with Gasteiger partial charge in [0.1, 0.15) is 0 Å². The molecule has 0 bridgehead atoms. The van der Waals surface area contributed by atoms with Gasteiger partial charge in [-0.3, -0.25) is 9.98 Å². The van der Waals surface area contributed by atoms with Crippen LogP contribution in [0.5, 0.6) is 0 Å². The Morgan fingerprint density at radius 3 is 1.67 bits per heavy atom. The van der Waals surface area contributed by atoms with Crippen molar-refractivity contribution in [2.45, 2.75) is 0 Å². The van der Waals surface area contributed by atoms with E-state index >= 15 is 0 Å². The van der Waals surface area contributed by atoms with E-state index in [2.05, 4.69) is 20.6 Å². The largest absolute Gasteiger partial charge is 0.352 e. The monoisotopic (exact) mass is 330 g/mol. The van der Waals surface area contributed by atoms with Gasteiger partial charge in [0.15, 0.2) is 0 Å². The zero-order chi connectivity index (χ0) is 16.4. The first-order valence-corrected chi connectivity index (χ1v) is 7.95. The van der Waals surface area contributed by atoms with E-state index in [-0.39, 0.29) is 0 Å². The Morgan fingerprint density at radius 1 is 0.708 bits per heavy atom. The topological polar surface area (TPSA) is 48.8 Å². The third-order valence-corrected chi connectivity index (χ3v) is 4.22. The number of hydrogen-bond donors (Lipinski definition) is 2. The first-order chi connectivity index (χ1) is 11.8. The number of fused-ring (bicyclic) bond motifs is 2. The number of anilines is 2. The van der Waals surface area contributed by atoms with Gasteiger partial charge in [-0.15, -0.1) is 0 Å². The zero-order valence-corrected chi connectivity index (χ0v) is 13.5. The lowest BCUT2D eigenvalue weighted by atomic mass is 10.1. The summed E-state index contributed by atoms with van der Waals surface area (Å²) in [6.45, 7) is 0. The van der Waals surface area contributed by atoms with Crippen LogP contribution >= 0.6 is 12.2 Å². The molecule has 4 nitrogen and oxygen atoms in total. The van der Waals surface area contributed by atoms with Gasteiger partial charge in [0, 0.05) is 34.9 Å². The summed E-state index contributed by atoms with van der Waals surface area (Å²) in [6, 6.07) is 16.0. The van der Waals surface area contributed by atoms with Crippen LogP contribution in [0.25, 0.3) is 0 Å². The average Bonchev–Trinajstić information content (AvgIpc) is 2.96. The highest BCUT2D eigenvalue weighted by Crippen LogP contribution is 2.23. The van der Waals surface area contributed by atoms with Crippen molar-refractivity contribution in [3.63, 3.8) is 0 Å². The molecule has 0 saturated carbocycles. The number of para-hydroxylation sites is 2. The van der Waals surface area contributed by atoms with E-state index in [4.69, 9.17) is 12.2 Å². The smallest absolute Gasteiger partial charge is 0.0878 e. The number of thiocarbonyl (C=S) groups is 1. The number of nitrogens with one attached hydrogen (secondary N) is 2. The van der Waals surface area contributed by atoms with Crippen molar-refractivity contribution in [1.82, 2.24) is 0 Å². The fourth-order valence-electron chi connectivity index (χ4n) is 2.56. The minimum absolute atomic E-state index is 0.637. The second kappa shape index (κ2) is 6.22. The summed E-state index contributed by atoms with van der Waals surface area (Å²) >= 11 is 5.66. The Labute approximate surface area is 145 Å². The number of aliphatic imine (C=N–C) groups is 2. The molecule has 24 heavy (non-hydrogen) atoms. The standard InChI is InChI=1S/C19H14N4S/c24-19(17-11-20-9-13-5-1-3-7-15(13)22-17)18-12-21-10-14-6-2-4-8-16(14)23-18/h1-12,22-23H. The average molecular weight is 330 g/mol. The summed E-state index contributed by atoms with van der Waals surface area (Å²) in [4.78, 5) is 9.33. The molecule has 2 aliphatic heterocycles. The Bertz CT molecular complexity index is 862. The van der Waals surface area contributed by atoms with Crippen molar-refractivity contribution in [1.29, 1.82) is 0 Å². The van der Waals surface area contributed by atoms with Crippen LogP contribution in [0.1, 0.15) is 11.1 Å². The van der Waals surface area contributed by atoms with E-state index in [0.29, 0.717) is 4.86 Å². The third-order valence-electron chi connectivity index (χ3n) is 3.78. The molecule has 2 N–H and O–H groups in total. The van der Waals surface area contributed by atoms with E-state index in [9.17, 15) is 0 Å². The van der Waals surface area contributed by atoms with E-state index in [0.717, 1.165) is 33.9 Å². The van der Waals surface area contributed by atoms with Crippen LogP contribution in [0.3, 0.4) is 0 Å². The van der Waals surface area contributed by atoms with Gasteiger partial charge in [0.2, 0.25) is 0 Å². The molecule has 0 spiro atoms. The lowest BCUT2D eigenvalue weighted by Gasteiger charge is -2.15. The van der Waals surface area contributed by atoms with Crippen LogP contribution in [-0.2, 0) is 0 Å². The third kappa shape index (κ3) is 2.77. The predicted molar refractivity (Wildman–Crippen MR) is 104 cm³/mol. The van der Waals surface area contributed by atoms with Gasteiger partial charge >= 0.3 is 0 Å². The van der Waals surface area contributed by atoms with Crippen molar-refractivity contribution in [2.24, 2.45) is 9.98 Å². The molecule has 0 aliphatic carbocycles. The lowest BCUT2D eigenvalue weighted by molar-refractivity contribution is 1.44. The fourth-order valence-corrected chi connectivity index (χ4v) is 2.77. The number of hydrogen-bond acceptors (Lipinski definition) is 5. The van der Waals surface area contributed by atoms with Crippen molar-refractivity contribution in [2.75, 3.05) is 10.6 Å². The summed E-state index contributed by atoms with van der Waals surface area (Å²) in [5, 5.41) is 6.73. The first kappa shape index (κ1) is 14.5. The Kier molecular flexibility index (Phi) is 3.76. The number of rotatable bonds is 2. The fraction of sp³-hybridized carbons (Fsp3) is 0. The van der Waals surface area contributed by atoms with E-state index in [1.165, 1.54) is 0 Å². The van der Waals surface area contributed by atoms with Crippen LogP contribution in [0, 0.1) is 0 Å². The highest BCUT2D eigenvalue weighted by Gasteiger charge is 2.16. The van der Waals surface area contributed by atoms with Crippen molar-refractivity contribution < 1.29 is 0 Å². The quantitative estimate of drug-likeness (QED) is 0.814. The van der Waals surface area contributed by atoms with Crippen LogP contribution in [0.15, 0.2) is 82.3 Å². The minimum Gasteiger partial charge on any atom is -0.352 e. The molecule has 2 aromatic carbocycles. The van der Waals surface area contributed by atoms with Crippen LogP contribution in [0.2, 0.25) is 0 Å². The van der Waals surface area contributed by atoms with E-state index in [1.54, 1.807) is 12.4 Å². The molecule has 0 saturated heterocycles. The van der Waals surface area contributed by atoms with Gasteiger partial charge in [0.25, 0.3) is 0 Å². The van der Waals surface area contributed by atoms with Gasteiger partial charge < -0.3 is 10.6 Å². The predicted octanol–water partition coefficient (Wildman–Crippen LogP) is 4.13. The highest BCUT2D eigenvalue weighted by molar-refractivity contribution is 7.81. The van der Waals surface area contributed by atoms with Crippen LogP contribution < -0.4 is 10.6 Å².